The third-order valence-electron chi connectivity index (χ3n) is 4.47. The zero-order valence-corrected chi connectivity index (χ0v) is 15.8. The SMILES string of the molecule is COc1cccc(-c2nn(Cc3c(F)cccc3Cl)c(=O)c3noc(C)c23)c1. The lowest BCUT2D eigenvalue weighted by Crippen LogP contribution is -2.25. The molecule has 8 heteroatoms. The minimum atomic E-state index is -0.513. The number of nitrogens with zero attached hydrogens (tertiary/aromatic N) is 3. The van der Waals surface area contributed by atoms with Gasteiger partial charge in [0.2, 0.25) is 0 Å². The van der Waals surface area contributed by atoms with Gasteiger partial charge in [-0.15, -0.1) is 0 Å². The molecule has 4 rings (SSSR count). The minimum Gasteiger partial charge on any atom is -0.497 e. The van der Waals surface area contributed by atoms with Gasteiger partial charge in [0.25, 0.3) is 5.56 Å². The monoisotopic (exact) mass is 399 g/mol. The van der Waals surface area contributed by atoms with Crippen LogP contribution < -0.4 is 10.3 Å². The van der Waals surface area contributed by atoms with E-state index in [1.807, 2.05) is 12.1 Å². The van der Waals surface area contributed by atoms with Gasteiger partial charge in [-0.25, -0.2) is 9.07 Å². The standard InChI is InChI=1S/C20H15ClFN3O3/c1-11-17-18(12-5-3-6-13(9-12)27-2)23-25(20(26)19(17)24-28-11)10-14-15(21)7-4-8-16(14)22/h3-9H,10H2,1-2H3. The molecule has 2 heterocycles. The summed E-state index contributed by atoms with van der Waals surface area (Å²) in [4.78, 5) is 12.9. The zero-order valence-electron chi connectivity index (χ0n) is 15.1. The molecule has 0 spiro atoms. The van der Waals surface area contributed by atoms with Crippen LogP contribution in [0.4, 0.5) is 4.39 Å². The van der Waals surface area contributed by atoms with E-state index in [2.05, 4.69) is 10.3 Å². The van der Waals surface area contributed by atoms with E-state index < -0.39 is 11.4 Å². The van der Waals surface area contributed by atoms with Crippen LogP contribution in [0, 0.1) is 12.7 Å². The number of halogens is 2. The van der Waals surface area contributed by atoms with Crippen LogP contribution in [0.1, 0.15) is 11.3 Å². The molecule has 28 heavy (non-hydrogen) atoms. The molecule has 4 aromatic rings. The Morgan fingerprint density at radius 2 is 2.04 bits per heavy atom. The van der Waals surface area contributed by atoms with Crippen molar-refractivity contribution in [1.29, 1.82) is 0 Å². The molecule has 6 nitrogen and oxygen atoms in total. The smallest absolute Gasteiger partial charge is 0.297 e. The molecule has 0 unspecified atom stereocenters. The third-order valence-corrected chi connectivity index (χ3v) is 4.82. The Balaban J connectivity index is 1.96. The molecule has 0 bridgehead atoms. The Morgan fingerprint density at radius 3 is 2.79 bits per heavy atom. The van der Waals surface area contributed by atoms with Gasteiger partial charge >= 0.3 is 0 Å². The Labute approximate surface area is 164 Å². The first-order chi connectivity index (χ1) is 13.5. The van der Waals surface area contributed by atoms with Gasteiger partial charge in [-0.2, -0.15) is 5.10 Å². The third kappa shape index (κ3) is 3.03. The summed E-state index contributed by atoms with van der Waals surface area (Å²) in [5, 5.41) is 9.09. The van der Waals surface area contributed by atoms with Crippen molar-refractivity contribution in [3.8, 4) is 17.0 Å². The van der Waals surface area contributed by atoms with Crippen LogP contribution in [0.3, 0.4) is 0 Å². The molecule has 0 fully saturated rings. The highest BCUT2D eigenvalue weighted by Gasteiger charge is 2.20. The fourth-order valence-corrected chi connectivity index (χ4v) is 3.27. The zero-order chi connectivity index (χ0) is 19.8. The van der Waals surface area contributed by atoms with E-state index in [9.17, 15) is 9.18 Å². The summed E-state index contributed by atoms with van der Waals surface area (Å²) in [5.74, 6) is 0.588. The lowest BCUT2D eigenvalue weighted by molar-refractivity contribution is 0.405. The molecule has 2 aromatic heterocycles. The van der Waals surface area contributed by atoms with E-state index >= 15 is 0 Å². The van der Waals surface area contributed by atoms with Crippen molar-refractivity contribution in [3.05, 3.63) is 75.0 Å². The Hall–Kier alpha value is -3.19. The first-order valence-corrected chi connectivity index (χ1v) is 8.82. The number of benzene rings is 2. The van der Waals surface area contributed by atoms with Crippen LogP contribution >= 0.6 is 11.6 Å². The van der Waals surface area contributed by atoms with Crippen LogP contribution in [-0.4, -0.2) is 22.0 Å². The fourth-order valence-electron chi connectivity index (χ4n) is 3.05. The van der Waals surface area contributed by atoms with Gasteiger partial charge in [-0.1, -0.05) is 35.0 Å². The summed E-state index contributed by atoms with van der Waals surface area (Å²) in [5.41, 5.74) is 1.01. The van der Waals surface area contributed by atoms with Gasteiger partial charge in [-0.3, -0.25) is 4.79 Å². The van der Waals surface area contributed by atoms with Crippen molar-refractivity contribution < 1.29 is 13.7 Å². The summed E-state index contributed by atoms with van der Waals surface area (Å²) in [6, 6.07) is 11.6. The summed E-state index contributed by atoms with van der Waals surface area (Å²) in [6.45, 7) is 1.57. The molecule has 0 atom stereocenters. The second-order valence-electron chi connectivity index (χ2n) is 6.21. The number of methoxy groups -OCH3 is 1. The van der Waals surface area contributed by atoms with Crippen LogP contribution in [-0.2, 0) is 6.54 Å². The second kappa shape index (κ2) is 7.09. The summed E-state index contributed by atoms with van der Waals surface area (Å²) < 4.78 is 25.9. The fraction of sp³-hybridized carbons (Fsp3) is 0.150. The summed E-state index contributed by atoms with van der Waals surface area (Å²) >= 11 is 6.12. The van der Waals surface area contributed by atoms with E-state index in [0.717, 1.165) is 4.68 Å². The van der Waals surface area contributed by atoms with Gasteiger partial charge in [0.1, 0.15) is 23.0 Å². The highest BCUT2D eigenvalue weighted by atomic mass is 35.5. The van der Waals surface area contributed by atoms with Crippen LogP contribution in [0.2, 0.25) is 5.02 Å². The molecule has 2 aromatic carbocycles. The molecular formula is C20H15ClFN3O3. The number of fused-ring (bicyclic) bond motifs is 1. The molecule has 0 radical (unpaired) electrons. The molecule has 0 saturated heterocycles. The average molecular weight is 400 g/mol. The lowest BCUT2D eigenvalue weighted by Gasteiger charge is -2.11. The lowest BCUT2D eigenvalue weighted by atomic mass is 10.1. The molecule has 0 saturated carbocycles. The van der Waals surface area contributed by atoms with Gasteiger partial charge in [-0.05, 0) is 31.2 Å². The van der Waals surface area contributed by atoms with Crippen LogP contribution in [0.25, 0.3) is 22.2 Å². The number of rotatable bonds is 4. The topological polar surface area (TPSA) is 70.2 Å². The van der Waals surface area contributed by atoms with Crippen molar-refractivity contribution in [2.24, 2.45) is 0 Å². The summed E-state index contributed by atoms with van der Waals surface area (Å²) in [7, 11) is 1.56. The number of aryl methyl sites for hydroxylation is 1. The van der Waals surface area contributed by atoms with Crippen molar-refractivity contribution in [2.45, 2.75) is 13.5 Å². The largest absolute Gasteiger partial charge is 0.497 e. The van der Waals surface area contributed by atoms with Gasteiger partial charge in [0.15, 0.2) is 5.52 Å². The molecule has 0 N–H and O–H groups in total. The van der Waals surface area contributed by atoms with E-state index in [0.29, 0.717) is 28.2 Å². The van der Waals surface area contributed by atoms with Gasteiger partial charge in [0, 0.05) is 16.1 Å². The first kappa shape index (κ1) is 18.2. The molecule has 142 valence electrons. The molecule has 0 aliphatic heterocycles. The van der Waals surface area contributed by atoms with Crippen molar-refractivity contribution in [2.75, 3.05) is 7.11 Å². The first-order valence-electron chi connectivity index (χ1n) is 8.44. The maximum Gasteiger partial charge on any atom is 0.297 e. The Bertz CT molecular complexity index is 1230. The predicted octanol–water partition coefficient (Wildman–Crippen LogP) is 4.21. The molecular weight excluding hydrogens is 385 g/mol. The Morgan fingerprint density at radius 1 is 1.25 bits per heavy atom. The van der Waals surface area contributed by atoms with Gasteiger partial charge in [0.05, 0.1) is 19.0 Å². The van der Waals surface area contributed by atoms with Crippen molar-refractivity contribution in [1.82, 2.24) is 14.9 Å². The highest BCUT2D eigenvalue weighted by Crippen LogP contribution is 2.30. The molecule has 0 amide bonds. The van der Waals surface area contributed by atoms with Crippen molar-refractivity contribution >= 4 is 22.5 Å². The predicted molar refractivity (Wildman–Crippen MR) is 103 cm³/mol. The number of hydrogen-bond acceptors (Lipinski definition) is 5. The van der Waals surface area contributed by atoms with E-state index in [-0.39, 0.29) is 22.6 Å². The average Bonchev–Trinajstić information content (AvgIpc) is 3.09. The van der Waals surface area contributed by atoms with Gasteiger partial charge < -0.3 is 9.26 Å². The normalized spacial score (nSPS) is 11.1. The van der Waals surface area contributed by atoms with Crippen molar-refractivity contribution in [3.63, 3.8) is 0 Å². The number of ether oxygens (including phenoxy) is 1. The number of hydrogen-bond donors (Lipinski definition) is 0. The summed E-state index contributed by atoms with van der Waals surface area (Å²) in [6.07, 6.45) is 0. The molecule has 0 aliphatic rings. The quantitative estimate of drug-likeness (QED) is 0.514. The second-order valence-corrected chi connectivity index (χ2v) is 6.61. The van der Waals surface area contributed by atoms with E-state index in [1.54, 1.807) is 32.2 Å². The van der Waals surface area contributed by atoms with E-state index in [4.69, 9.17) is 20.9 Å². The molecule has 0 aliphatic carbocycles. The Kier molecular flexibility index (Phi) is 4.60. The van der Waals surface area contributed by atoms with Crippen LogP contribution in [0.5, 0.6) is 5.75 Å². The van der Waals surface area contributed by atoms with Crippen LogP contribution in [0.15, 0.2) is 51.8 Å². The maximum atomic E-state index is 14.2. The number of aromatic nitrogens is 3. The highest BCUT2D eigenvalue weighted by molar-refractivity contribution is 6.31. The van der Waals surface area contributed by atoms with E-state index in [1.165, 1.54) is 12.1 Å². The maximum absolute atomic E-state index is 14.2. The minimum absolute atomic E-state index is 0.123.